The van der Waals surface area contributed by atoms with Crippen LogP contribution in [0, 0.1) is 0 Å². The fourth-order valence-electron chi connectivity index (χ4n) is 3.19. The Morgan fingerprint density at radius 2 is 1.81 bits per heavy atom. The van der Waals surface area contributed by atoms with Crippen molar-refractivity contribution in [2.45, 2.75) is 43.5 Å². The van der Waals surface area contributed by atoms with E-state index in [0.717, 1.165) is 13.1 Å². The molecule has 1 aliphatic heterocycles. The van der Waals surface area contributed by atoms with E-state index in [4.69, 9.17) is 9.47 Å². The molecular weight excluding hydrogens is 368 g/mol. The highest BCUT2D eigenvalue weighted by atomic mass is 32.2. The zero-order valence-corrected chi connectivity index (χ0v) is 17.2. The van der Waals surface area contributed by atoms with E-state index in [9.17, 15) is 13.2 Å². The van der Waals surface area contributed by atoms with Gasteiger partial charge in [-0.3, -0.25) is 9.69 Å². The van der Waals surface area contributed by atoms with Gasteiger partial charge in [0.2, 0.25) is 5.91 Å². The summed E-state index contributed by atoms with van der Waals surface area (Å²) in [7, 11) is -0.642. The van der Waals surface area contributed by atoms with Crippen LogP contribution in [0.2, 0.25) is 0 Å². The number of sulfone groups is 1. The number of carbonyl (C=O) groups is 1. The van der Waals surface area contributed by atoms with Gasteiger partial charge in [0.25, 0.3) is 0 Å². The quantitative estimate of drug-likeness (QED) is 0.683. The minimum Gasteiger partial charge on any atom is -0.493 e. The fraction of sp³-hybridized carbons (Fsp3) is 0.632. The maximum atomic E-state index is 12.5. The highest BCUT2D eigenvalue weighted by molar-refractivity contribution is 7.91. The Morgan fingerprint density at radius 3 is 2.44 bits per heavy atom. The van der Waals surface area contributed by atoms with Gasteiger partial charge in [-0.15, -0.1) is 0 Å². The summed E-state index contributed by atoms with van der Waals surface area (Å²) in [5.74, 6) is 0.314. The van der Waals surface area contributed by atoms with Crippen LogP contribution in [0.1, 0.15) is 32.6 Å². The molecule has 1 amide bonds. The largest absolute Gasteiger partial charge is 0.493 e. The molecule has 1 N–H and O–H groups in total. The Labute approximate surface area is 161 Å². The van der Waals surface area contributed by atoms with E-state index in [1.54, 1.807) is 6.07 Å². The van der Waals surface area contributed by atoms with Gasteiger partial charge in [0, 0.05) is 25.1 Å². The zero-order chi connectivity index (χ0) is 19.9. The Bertz CT molecular complexity index is 730. The van der Waals surface area contributed by atoms with E-state index in [-0.39, 0.29) is 29.0 Å². The molecule has 0 aromatic heterocycles. The van der Waals surface area contributed by atoms with Crippen LogP contribution in [0.5, 0.6) is 11.5 Å². The van der Waals surface area contributed by atoms with Gasteiger partial charge in [-0.05, 0) is 45.0 Å². The number of amides is 1. The van der Waals surface area contributed by atoms with Crippen molar-refractivity contribution in [3.8, 4) is 11.5 Å². The Morgan fingerprint density at radius 1 is 1.15 bits per heavy atom. The molecule has 0 aliphatic carbocycles. The van der Waals surface area contributed by atoms with Crippen LogP contribution in [0.15, 0.2) is 23.1 Å². The summed E-state index contributed by atoms with van der Waals surface area (Å²) in [5, 5.41) is 2.85. The number of likely N-dealkylation sites (tertiary alicyclic amines) is 1. The predicted molar refractivity (Wildman–Crippen MR) is 104 cm³/mol. The topological polar surface area (TPSA) is 84.9 Å². The monoisotopic (exact) mass is 398 g/mol. The summed E-state index contributed by atoms with van der Waals surface area (Å²) in [4.78, 5) is 14.6. The third-order valence-corrected chi connectivity index (χ3v) is 6.63. The average Bonchev–Trinajstić information content (AvgIpc) is 2.70. The molecule has 1 fully saturated rings. The second-order valence-corrected chi connectivity index (χ2v) is 8.94. The number of piperidine rings is 1. The molecule has 7 nitrogen and oxygen atoms in total. The molecule has 0 saturated carbocycles. The van der Waals surface area contributed by atoms with Gasteiger partial charge >= 0.3 is 0 Å². The molecule has 1 atom stereocenters. The first-order valence-electron chi connectivity index (χ1n) is 9.33. The van der Waals surface area contributed by atoms with Crippen molar-refractivity contribution >= 4 is 15.7 Å². The van der Waals surface area contributed by atoms with Gasteiger partial charge in [0.1, 0.15) is 0 Å². The number of benzene rings is 1. The average molecular weight is 399 g/mol. The Balaban J connectivity index is 1.86. The minimum absolute atomic E-state index is 0.0661. The molecule has 1 aromatic carbocycles. The lowest BCUT2D eigenvalue weighted by Gasteiger charge is -2.32. The molecule has 1 aromatic rings. The van der Waals surface area contributed by atoms with Gasteiger partial charge in [0.15, 0.2) is 21.3 Å². The standard InChI is InChI=1S/C19H30N2O5S/c1-15(21-10-5-4-6-11-21)14-20-19(22)9-12-27(23,24)16-7-8-17(25-2)18(13-16)26-3/h7-8,13,15H,4-6,9-12,14H2,1-3H3,(H,20,22). The minimum atomic E-state index is -3.58. The number of nitrogens with zero attached hydrogens (tertiary/aromatic N) is 1. The van der Waals surface area contributed by atoms with Crippen LogP contribution in [0.4, 0.5) is 0 Å². The molecule has 152 valence electrons. The molecule has 2 rings (SSSR count). The summed E-state index contributed by atoms with van der Waals surface area (Å²) in [6.45, 7) is 4.75. The fourth-order valence-corrected chi connectivity index (χ4v) is 4.44. The van der Waals surface area contributed by atoms with E-state index in [1.165, 1.54) is 45.6 Å². The molecule has 1 unspecified atom stereocenters. The highest BCUT2D eigenvalue weighted by Gasteiger charge is 2.20. The van der Waals surface area contributed by atoms with Crippen LogP contribution < -0.4 is 14.8 Å². The summed E-state index contributed by atoms with van der Waals surface area (Å²) in [6, 6.07) is 4.69. The van der Waals surface area contributed by atoms with Crippen LogP contribution >= 0.6 is 0 Å². The molecule has 0 radical (unpaired) electrons. The number of hydrogen-bond donors (Lipinski definition) is 1. The second kappa shape index (κ2) is 9.94. The van der Waals surface area contributed by atoms with E-state index in [1.807, 2.05) is 0 Å². The number of carbonyl (C=O) groups excluding carboxylic acids is 1. The molecule has 1 aliphatic rings. The first kappa shape index (κ1) is 21.5. The third kappa shape index (κ3) is 6.10. The number of rotatable bonds is 9. The Kier molecular flexibility index (Phi) is 7.91. The van der Waals surface area contributed by atoms with E-state index >= 15 is 0 Å². The van der Waals surface area contributed by atoms with Crippen LogP contribution in [-0.2, 0) is 14.6 Å². The van der Waals surface area contributed by atoms with Gasteiger partial charge in [-0.2, -0.15) is 0 Å². The molecule has 1 heterocycles. The summed E-state index contributed by atoms with van der Waals surface area (Å²) in [5.41, 5.74) is 0. The van der Waals surface area contributed by atoms with E-state index in [0.29, 0.717) is 18.0 Å². The van der Waals surface area contributed by atoms with Gasteiger partial charge < -0.3 is 14.8 Å². The molecule has 0 bridgehead atoms. The first-order chi connectivity index (χ1) is 12.9. The maximum Gasteiger partial charge on any atom is 0.221 e. The van der Waals surface area contributed by atoms with Crippen molar-refractivity contribution in [3.05, 3.63) is 18.2 Å². The molecule has 8 heteroatoms. The summed E-state index contributed by atoms with van der Waals surface area (Å²) >= 11 is 0. The smallest absolute Gasteiger partial charge is 0.221 e. The molecule has 0 spiro atoms. The molecular formula is C19H30N2O5S. The van der Waals surface area contributed by atoms with Crippen LogP contribution in [0.25, 0.3) is 0 Å². The molecule has 1 saturated heterocycles. The first-order valence-corrected chi connectivity index (χ1v) is 11.0. The van der Waals surface area contributed by atoms with Crippen molar-refractivity contribution < 1.29 is 22.7 Å². The van der Waals surface area contributed by atoms with Crippen molar-refractivity contribution in [2.75, 3.05) is 39.6 Å². The number of nitrogens with one attached hydrogen (secondary N) is 1. The summed E-state index contributed by atoms with van der Waals surface area (Å²) < 4.78 is 35.3. The van der Waals surface area contributed by atoms with Crippen molar-refractivity contribution in [2.24, 2.45) is 0 Å². The van der Waals surface area contributed by atoms with Crippen molar-refractivity contribution in [1.29, 1.82) is 0 Å². The Hall–Kier alpha value is -1.80. The number of methoxy groups -OCH3 is 2. The maximum absolute atomic E-state index is 12.5. The lowest BCUT2D eigenvalue weighted by atomic mass is 10.1. The molecule has 27 heavy (non-hydrogen) atoms. The number of ether oxygens (including phenoxy) is 2. The van der Waals surface area contributed by atoms with E-state index in [2.05, 4.69) is 17.1 Å². The van der Waals surface area contributed by atoms with Gasteiger partial charge in [-0.1, -0.05) is 6.42 Å². The van der Waals surface area contributed by atoms with Crippen molar-refractivity contribution in [1.82, 2.24) is 10.2 Å². The second-order valence-electron chi connectivity index (χ2n) is 6.84. The van der Waals surface area contributed by atoms with Crippen molar-refractivity contribution in [3.63, 3.8) is 0 Å². The summed E-state index contributed by atoms with van der Waals surface area (Å²) in [6.07, 6.45) is 3.59. The number of hydrogen-bond acceptors (Lipinski definition) is 6. The highest BCUT2D eigenvalue weighted by Crippen LogP contribution is 2.29. The van der Waals surface area contributed by atoms with Crippen LogP contribution in [-0.4, -0.2) is 64.9 Å². The predicted octanol–water partition coefficient (Wildman–Crippen LogP) is 1.86. The lowest BCUT2D eigenvalue weighted by Crippen LogP contribution is -2.44. The van der Waals surface area contributed by atoms with Crippen LogP contribution in [0.3, 0.4) is 0 Å². The SMILES string of the molecule is COc1ccc(S(=O)(=O)CCC(=O)NCC(C)N2CCCCC2)cc1OC. The zero-order valence-electron chi connectivity index (χ0n) is 16.4. The van der Waals surface area contributed by atoms with Gasteiger partial charge in [0.05, 0.1) is 24.9 Å². The van der Waals surface area contributed by atoms with E-state index < -0.39 is 9.84 Å². The van der Waals surface area contributed by atoms with Gasteiger partial charge in [-0.25, -0.2) is 8.42 Å². The lowest BCUT2D eigenvalue weighted by molar-refractivity contribution is -0.120. The normalized spacial score (nSPS) is 16.6. The third-order valence-electron chi connectivity index (χ3n) is 4.92.